The van der Waals surface area contributed by atoms with Crippen molar-refractivity contribution in [2.45, 2.75) is 38.3 Å². The number of likely N-dealkylation sites (tertiary alicyclic amines) is 1. The molecule has 0 spiro atoms. The molecule has 0 saturated carbocycles. The minimum absolute atomic E-state index is 0.0547. The van der Waals surface area contributed by atoms with Crippen LogP contribution in [0.2, 0.25) is 0 Å². The molecule has 3 atom stereocenters. The molecule has 1 aliphatic heterocycles. The average Bonchev–Trinajstić information content (AvgIpc) is 2.36. The monoisotopic (exact) mass is 274 g/mol. The number of aliphatic hydroxyl groups excluding tert-OH is 1. The summed E-state index contributed by atoms with van der Waals surface area (Å²) in [5.41, 5.74) is 1.42. The van der Waals surface area contributed by atoms with Gasteiger partial charge in [0.2, 0.25) is 11.8 Å². The SMILES string of the molecule is CC(CC(=O)NO)C(=O)N1CC(O)CCC1C(=O)O. The molecule has 3 unspecified atom stereocenters. The molecule has 1 heterocycles. The van der Waals surface area contributed by atoms with Crippen LogP contribution in [0.1, 0.15) is 26.2 Å². The summed E-state index contributed by atoms with van der Waals surface area (Å²) in [4.78, 5) is 35.3. The number of carboxylic acids is 1. The first-order valence-corrected chi connectivity index (χ1v) is 6.01. The lowest BCUT2D eigenvalue weighted by Gasteiger charge is -2.36. The van der Waals surface area contributed by atoms with Crippen LogP contribution in [0, 0.1) is 5.92 Å². The van der Waals surface area contributed by atoms with Gasteiger partial charge in [0.25, 0.3) is 0 Å². The highest BCUT2D eigenvalue weighted by Crippen LogP contribution is 2.21. The summed E-state index contributed by atoms with van der Waals surface area (Å²) in [5.74, 6) is -3.13. The van der Waals surface area contributed by atoms with Crippen LogP contribution in [0.3, 0.4) is 0 Å². The zero-order chi connectivity index (χ0) is 14.6. The lowest BCUT2D eigenvalue weighted by atomic mass is 9.97. The van der Waals surface area contributed by atoms with Crippen LogP contribution >= 0.6 is 0 Å². The summed E-state index contributed by atoms with van der Waals surface area (Å²) in [7, 11) is 0. The Labute approximate surface area is 110 Å². The van der Waals surface area contributed by atoms with Crippen LogP contribution in [-0.4, -0.2) is 56.8 Å². The standard InChI is InChI=1S/C11H18N2O6/c1-6(4-9(15)12-19)10(16)13-5-7(14)2-3-8(13)11(17)18/h6-8,14,19H,2-5H2,1H3,(H,12,15)(H,17,18). The first kappa shape index (κ1) is 15.4. The first-order valence-electron chi connectivity index (χ1n) is 6.01. The lowest BCUT2D eigenvalue weighted by Crippen LogP contribution is -2.53. The number of nitrogens with one attached hydrogen (secondary N) is 1. The van der Waals surface area contributed by atoms with Crippen LogP contribution in [0.15, 0.2) is 0 Å². The molecule has 1 rings (SSSR count). The fraction of sp³-hybridized carbons (Fsp3) is 0.727. The van der Waals surface area contributed by atoms with Crippen molar-refractivity contribution in [3.05, 3.63) is 0 Å². The Bertz CT molecular complexity index is 372. The third kappa shape index (κ3) is 3.90. The van der Waals surface area contributed by atoms with Crippen molar-refractivity contribution in [1.82, 2.24) is 10.4 Å². The van der Waals surface area contributed by atoms with Gasteiger partial charge in [-0.3, -0.25) is 14.8 Å². The van der Waals surface area contributed by atoms with Crippen molar-refractivity contribution in [3.63, 3.8) is 0 Å². The molecule has 0 aromatic heterocycles. The summed E-state index contributed by atoms with van der Waals surface area (Å²) in [6, 6.07) is -0.976. The van der Waals surface area contributed by atoms with E-state index in [1.165, 1.54) is 12.4 Å². The first-order chi connectivity index (χ1) is 8.86. The fourth-order valence-corrected chi connectivity index (χ4v) is 2.15. The molecule has 0 bridgehead atoms. The molecule has 1 aliphatic rings. The summed E-state index contributed by atoms with van der Waals surface area (Å²) in [6.07, 6.45) is -0.486. The predicted molar refractivity (Wildman–Crippen MR) is 62.1 cm³/mol. The molecule has 4 N–H and O–H groups in total. The average molecular weight is 274 g/mol. The number of carbonyl (C=O) groups is 3. The summed E-state index contributed by atoms with van der Waals surface area (Å²) < 4.78 is 0. The normalized spacial score (nSPS) is 24.7. The summed E-state index contributed by atoms with van der Waals surface area (Å²) >= 11 is 0. The molecular weight excluding hydrogens is 256 g/mol. The Morgan fingerprint density at radius 1 is 1.37 bits per heavy atom. The highest BCUT2D eigenvalue weighted by atomic mass is 16.5. The lowest BCUT2D eigenvalue weighted by molar-refractivity contribution is -0.157. The number of amides is 2. The van der Waals surface area contributed by atoms with Gasteiger partial charge in [0.1, 0.15) is 6.04 Å². The van der Waals surface area contributed by atoms with Gasteiger partial charge in [-0.2, -0.15) is 0 Å². The molecular formula is C11H18N2O6. The van der Waals surface area contributed by atoms with Gasteiger partial charge in [-0.25, -0.2) is 10.3 Å². The van der Waals surface area contributed by atoms with Crippen molar-refractivity contribution in [3.8, 4) is 0 Å². The van der Waals surface area contributed by atoms with Gasteiger partial charge in [-0.15, -0.1) is 0 Å². The zero-order valence-electron chi connectivity index (χ0n) is 10.6. The second kappa shape index (κ2) is 6.48. The number of rotatable bonds is 4. The van der Waals surface area contributed by atoms with Crippen LogP contribution in [0.5, 0.6) is 0 Å². The predicted octanol–water partition coefficient (Wildman–Crippen LogP) is -1.05. The third-order valence-corrected chi connectivity index (χ3v) is 3.16. The quantitative estimate of drug-likeness (QED) is 0.383. The molecule has 0 aromatic rings. The number of nitrogens with zero attached hydrogens (tertiary/aromatic N) is 1. The number of β-amino-alcohol motifs (C(OH)–C–C–N with tert-alkyl or cyclic N) is 1. The largest absolute Gasteiger partial charge is 0.480 e. The zero-order valence-corrected chi connectivity index (χ0v) is 10.6. The minimum Gasteiger partial charge on any atom is -0.480 e. The number of hydrogen-bond acceptors (Lipinski definition) is 5. The Morgan fingerprint density at radius 2 is 2.00 bits per heavy atom. The van der Waals surface area contributed by atoms with Crippen molar-refractivity contribution >= 4 is 17.8 Å². The van der Waals surface area contributed by atoms with Gasteiger partial charge < -0.3 is 15.1 Å². The van der Waals surface area contributed by atoms with Crippen LogP contribution in [-0.2, 0) is 14.4 Å². The van der Waals surface area contributed by atoms with E-state index in [-0.39, 0.29) is 19.4 Å². The van der Waals surface area contributed by atoms with Gasteiger partial charge >= 0.3 is 5.97 Å². The molecule has 0 aromatic carbocycles. The maximum Gasteiger partial charge on any atom is 0.326 e. The number of carboxylic acid groups (broad SMARTS) is 1. The van der Waals surface area contributed by atoms with Crippen molar-refractivity contribution in [1.29, 1.82) is 0 Å². The molecule has 2 amide bonds. The minimum atomic E-state index is -1.13. The number of hydrogen-bond donors (Lipinski definition) is 4. The number of aliphatic carboxylic acids is 1. The van der Waals surface area contributed by atoms with Crippen LogP contribution in [0.25, 0.3) is 0 Å². The summed E-state index contributed by atoms with van der Waals surface area (Å²) in [6.45, 7) is 1.42. The third-order valence-electron chi connectivity index (χ3n) is 3.16. The van der Waals surface area contributed by atoms with E-state index >= 15 is 0 Å². The molecule has 8 heteroatoms. The van der Waals surface area contributed by atoms with E-state index in [4.69, 9.17) is 10.3 Å². The van der Waals surface area contributed by atoms with Gasteiger partial charge in [0.15, 0.2) is 0 Å². The molecule has 19 heavy (non-hydrogen) atoms. The van der Waals surface area contributed by atoms with Crippen molar-refractivity contribution in [2.24, 2.45) is 5.92 Å². The molecule has 0 radical (unpaired) electrons. The highest BCUT2D eigenvalue weighted by molar-refractivity contribution is 5.88. The van der Waals surface area contributed by atoms with E-state index in [2.05, 4.69) is 0 Å². The number of aliphatic hydroxyl groups is 1. The van der Waals surface area contributed by atoms with Gasteiger partial charge in [0, 0.05) is 18.9 Å². The van der Waals surface area contributed by atoms with Gasteiger partial charge in [-0.05, 0) is 12.8 Å². The van der Waals surface area contributed by atoms with Crippen molar-refractivity contribution in [2.75, 3.05) is 6.54 Å². The Balaban J connectivity index is 2.75. The second-order valence-electron chi connectivity index (χ2n) is 4.72. The van der Waals surface area contributed by atoms with Gasteiger partial charge in [-0.1, -0.05) is 6.92 Å². The molecule has 108 valence electrons. The number of piperidine rings is 1. The Morgan fingerprint density at radius 3 is 2.53 bits per heavy atom. The Hall–Kier alpha value is -1.67. The van der Waals surface area contributed by atoms with E-state index < -0.39 is 35.8 Å². The highest BCUT2D eigenvalue weighted by Gasteiger charge is 2.37. The molecule has 1 saturated heterocycles. The van der Waals surface area contributed by atoms with E-state index in [0.717, 1.165) is 4.90 Å². The van der Waals surface area contributed by atoms with Crippen molar-refractivity contribution < 1.29 is 29.8 Å². The molecule has 8 nitrogen and oxygen atoms in total. The van der Waals surface area contributed by atoms with Gasteiger partial charge in [0.05, 0.1) is 6.10 Å². The number of carbonyl (C=O) groups excluding carboxylic acids is 2. The number of hydroxylamine groups is 1. The smallest absolute Gasteiger partial charge is 0.326 e. The molecule has 0 aliphatic carbocycles. The topological polar surface area (TPSA) is 127 Å². The summed E-state index contributed by atoms with van der Waals surface area (Å²) in [5, 5.41) is 27.0. The Kier molecular flexibility index (Phi) is 5.25. The van der Waals surface area contributed by atoms with Crippen LogP contribution < -0.4 is 5.48 Å². The van der Waals surface area contributed by atoms with E-state index in [1.54, 1.807) is 0 Å². The second-order valence-corrected chi connectivity index (χ2v) is 4.72. The maximum atomic E-state index is 12.1. The van der Waals surface area contributed by atoms with E-state index in [1.807, 2.05) is 0 Å². The maximum absolute atomic E-state index is 12.1. The fourth-order valence-electron chi connectivity index (χ4n) is 2.15. The van der Waals surface area contributed by atoms with E-state index in [0.29, 0.717) is 6.42 Å². The van der Waals surface area contributed by atoms with Crippen LogP contribution in [0.4, 0.5) is 0 Å². The molecule has 1 fully saturated rings. The van der Waals surface area contributed by atoms with E-state index in [9.17, 15) is 19.5 Å².